The molecule has 1 aromatic carbocycles. The minimum atomic E-state index is -0.850. The monoisotopic (exact) mass is 226 g/mol. The highest BCUT2D eigenvalue weighted by atomic mass is 19.2. The zero-order valence-electron chi connectivity index (χ0n) is 9.94. The van der Waals surface area contributed by atoms with Gasteiger partial charge in [0.2, 0.25) is 0 Å². The van der Waals surface area contributed by atoms with Crippen molar-refractivity contribution in [3.63, 3.8) is 0 Å². The predicted octanol–water partition coefficient (Wildman–Crippen LogP) is 2.89. The van der Waals surface area contributed by atoms with E-state index in [1.54, 1.807) is 0 Å². The number of halogens is 2. The maximum Gasteiger partial charge on any atom is 0.159 e. The molecule has 0 unspecified atom stereocenters. The van der Waals surface area contributed by atoms with Gasteiger partial charge in [-0.15, -0.1) is 0 Å². The average molecular weight is 226 g/mol. The molecule has 0 aliphatic heterocycles. The summed E-state index contributed by atoms with van der Waals surface area (Å²) in [6.45, 7) is 7.40. The maximum atomic E-state index is 13.2. The van der Waals surface area contributed by atoms with Crippen molar-refractivity contribution in [2.75, 3.05) is 0 Å². The van der Waals surface area contributed by atoms with E-state index in [1.165, 1.54) is 12.1 Å². The fourth-order valence-electron chi connectivity index (χ4n) is 2.81. The lowest BCUT2D eigenvalue weighted by Crippen LogP contribution is -2.39. The van der Waals surface area contributed by atoms with E-state index in [0.717, 1.165) is 0 Å². The van der Waals surface area contributed by atoms with Crippen LogP contribution in [0.25, 0.3) is 0 Å². The summed E-state index contributed by atoms with van der Waals surface area (Å²) in [5.41, 5.74) is 0.300. The van der Waals surface area contributed by atoms with Gasteiger partial charge in [-0.2, -0.15) is 0 Å². The summed E-state index contributed by atoms with van der Waals surface area (Å²) >= 11 is 0. The molecule has 1 nitrogen and oxygen atoms in total. The Morgan fingerprint density at radius 3 is 1.56 bits per heavy atom. The maximum absolute atomic E-state index is 13.2. The van der Waals surface area contributed by atoms with Crippen molar-refractivity contribution in [1.82, 2.24) is 0 Å². The molecule has 0 bridgehead atoms. The van der Waals surface area contributed by atoms with E-state index >= 15 is 0 Å². The normalized spacial score (nSPS) is 22.2. The highest BCUT2D eigenvalue weighted by Gasteiger charge is 2.50. The van der Waals surface area contributed by atoms with Crippen LogP contribution in [-0.2, 0) is 10.8 Å². The number of hydrogen-bond donors (Lipinski definition) is 1. The summed E-state index contributed by atoms with van der Waals surface area (Å²) in [4.78, 5) is 0. The lowest BCUT2D eigenvalue weighted by Gasteiger charge is -2.31. The summed E-state index contributed by atoms with van der Waals surface area (Å²) in [5.74, 6) is -1.70. The van der Waals surface area contributed by atoms with Crippen molar-refractivity contribution < 1.29 is 13.9 Å². The molecule has 3 heteroatoms. The molecule has 0 atom stereocenters. The highest BCUT2D eigenvalue weighted by molar-refractivity contribution is 5.47. The van der Waals surface area contributed by atoms with Gasteiger partial charge in [-0.1, -0.05) is 27.7 Å². The van der Waals surface area contributed by atoms with Crippen LogP contribution in [0.1, 0.15) is 38.8 Å². The number of fused-ring (bicyclic) bond motifs is 1. The molecule has 16 heavy (non-hydrogen) atoms. The van der Waals surface area contributed by atoms with Crippen molar-refractivity contribution in [3.05, 3.63) is 34.9 Å². The lowest BCUT2D eigenvalue weighted by atomic mass is 9.78. The predicted molar refractivity (Wildman–Crippen MR) is 58.4 cm³/mol. The smallest absolute Gasteiger partial charge is 0.159 e. The fraction of sp³-hybridized carbons (Fsp3) is 0.538. The van der Waals surface area contributed by atoms with Crippen LogP contribution in [0.3, 0.4) is 0 Å². The summed E-state index contributed by atoms with van der Waals surface area (Å²) in [7, 11) is 0. The first-order chi connectivity index (χ1) is 7.19. The molecule has 0 saturated carbocycles. The molecule has 1 aliphatic carbocycles. The second kappa shape index (κ2) is 3.04. The third-order valence-corrected chi connectivity index (χ3v) is 3.82. The number of aliphatic hydroxyl groups excluding tert-OH is 1. The van der Waals surface area contributed by atoms with Crippen LogP contribution in [0.4, 0.5) is 8.78 Å². The van der Waals surface area contributed by atoms with Gasteiger partial charge in [-0.25, -0.2) is 8.78 Å². The van der Waals surface area contributed by atoms with Gasteiger partial charge in [0, 0.05) is 10.8 Å². The Labute approximate surface area is 94.1 Å². The van der Waals surface area contributed by atoms with Gasteiger partial charge in [0.05, 0.1) is 6.10 Å². The molecule has 0 radical (unpaired) electrons. The Morgan fingerprint density at radius 2 is 1.25 bits per heavy atom. The number of aliphatic hydroxyl groups is 1. The van der Waals surface area contributed by atoms with Gasteiger partial charge < -0.3 is 5.11 Å². The Bertz CT molecular complexity index is 408. The van der Waals surface area contributed by atoms with E-state index in [-0.39, 0.29) is 0 Å². The molecule has 0 aromatic heterocycles. The van der Waals surface area contributed by atoms with Gasteiger partial charge in [0.25, 0.3) is 0 Å². The number of rotatable bonds is 0. The van der Waals surface area contributed by atoms with Crippen molar-refractivity contribution in [3.8, 4) is 0 Å². The quantitative estimate of drug-likeness (QED) is 0.721. The fourth-order valence-corrected chi connectivity index (χ4v) is 2.81. The molecular formula is C13H16F2O. The van der Waals surface area contributed by atoms with Crippen LogP contribution in [0.5, 0.6) is 0 Å². The second-order valence-corrected chi connectivity index (χ2v) is 5.66. The molecular weight excluding hydrogens is 210 g/mol. The van der Waals surface area contributed by atoms with Crippen molar-refractivity contribution >= 4 is 0 Å². The van der Waals surface area contributed by atoms with Crippen LogP contribution in [0.2, 0.25) is 0 Å². The molecule has 1 N–H and O–H groups in total. The van der Waals surface area contributed by atoms with Crippen LogP contribution >= 0.6 is 0 Å². The molecule has 1 aromatic rings. The average Bonchev–Trinajstić information content (AvgIpc) is 2.29. The third kappa shape index (κ3) is 1.24. The zero-order valence-corrected chi connectivity index (χ0v) is 9.94. The summed E-state index contributed by atoms with van der Waals surface area (Å²) in [6, 6.07) is 2.42. The van der Waals surface area contributed by atoms with Crippen molar-refractivity contribution in [2.24, 2.45) is 0 Å². The standard InChI is InChI=1S/C13H16F2O/c1-12(2)7-5-9(14)10(15)6-8(7)13(3,4)11(12)16/h5-6,11,16H,1-4H3. The van der Waals surface area contributed by atoms with E-state index in [2.05, 4.69) is 0 Å². The number of benzene rings is 1. The molecule has 1 aliphatic rings. The zero-order chi connectivity index (χ0) is 12.3. The van der Waals surface area contributed by atoms with Crippen LogP contribution in [-0.4, -0.2) is 11.2 Å². The molecule has 2 rings (SSSR count). The number of hydrogen-bond acceptors (Lipinski definition) is 1. The molecule has 0 amide bonds. The summed E-state index contributed by atoms with van der Waals surface area (Å²) in [6.07, 6.45) is -0.642. The first kappa shape index (κ1) is 11.5. The first-order valence-corrected chi connectivity index (χ1v) is 5.37. The third-order valence-electron chi connectivity index (χ3n) is 3.82. The van der Waals surface area contributed by atoms with Crippen molar-refractivity contribution in [1.29, 1.82) is 0 Å². The minimum Gasteiger partial charge on any atom is -0.391 e. The largest absolute Gasteiger partial charge is 0.391 e. The van der Waals surface area contributed by atoms with Gasteiger partial charge in [-0.05, 0) is 23.3 Å². The summed E-state index contributed by atoms with van der Waals surface area (Å²) < 4.78 is 26.5. The first-order valence-electron chi connectivity index (χ1n) is 5.37. The van der Waals surface area contributed by atoms with E-state index in [0.29, 0.717) is 11.1 Å². The Balaban J connectivity index is 2.75. The Kier molecular flexibility index (Phi) is 2.19. The van der Waals surface area contributed by atoms with Crippen LogP contribution < -0.4 is 0 Å². The van der Waals surface area contributed by atoms with Crippen LogP contribution in [0, 0.1) is 11.6 Å². The van der Waals surface area contributed by atoms with Crippen molar-refractivity contribution in [2.45, 2.75) is 44.6 Å². The Hall–Kier alpha value is -0.960. The van der Waals surface area contributed by atoms with E-state index in [4.69, 9.17) is 0 Å². The minimum absolute atomic E-state index is 0.548. The SMILES string of the molecule is CC1(C)c2cc(F)c(F)cc2C(C)(C)C1O. The lowest BCUT2D eigenvalue weighted by molar-refractivity contribution is 0.0566. The van der Waals surface area contributed by atoms with Gasteiger partial charge in [-0.3, -0.25) is 0 Å². The molecule has 88 valence electrons. The van der Waals surface area contributed by atoms with Gasteiger partial charge in [0.15, 0.2) is 11.6 Å². The summed E-state index contributed by atoms with van der Waals surface area (Å²) in [5, 5.41) is 10.2. The molecule has 0 fully saturated rings. The second-order valence-electron chi connectivity index (χ2n) is 5.66. The molecule has 0 heterocycles. The van der Waals surface area contributed by atoms with E-state index in [1.807, 2.05) is 27.7 Å². The molecule has 0 spiro atoms. The van der Waals surface area contributed by atoms with Gasteiger partial charge in [0.1, 0.15) is 0 Å². The highest BCUT2D eigenvalue weighted by Crippen LogP contribution is 2.49. The molecule has 0 saturated heterocycles. The van der Waals surface area contributed by atoms with Gasteiger partial charge >= 0.3 is 0 Å². The Morgan fingerprint density at radius 1 is 0.938 bits per heavy atom. The van der Waals surface area contributed by atoms with E-state index < -0.39 is 28.6 Å². The van der Waals surface area contributed by atoms with Crippen LogP contribution in [0.15, 0.2) is 12.1 Å². The van der Waals surface area contributed by atoms with E-state index in [9.17, 15) is 13.9 Å². The topological polar surface area (TPSA) is 20.2 Å².